The number of benzene rings is 3. The summed E-state index contributed by atoms with van der Waals surface area (Å²) < 4.78 is 33.2. The van der Waals surface area contributed by atoms with Crippen LogP contribution in [0.4, 0.5) is 0 Å². The van der Waals surface area contributed by atoms with Crippen molar-refractivity contribution in [2.24, 2.45) is 0 Å². The smallest absolute Gasteiger partial charge is 0.312 e. The number of fused-ring (bicyclic) bond motifs is 3. The third-order valence-electron chi connectivity index (χ3n) is 6.32. The van der Waals surface area contributed by atoms with Crippen molar-refractivity contribution >= 4 is 17.8 Å². The Balaban J connectivity index is 1.59. The minimum absolute atomic E-state index is 0.120. The molecule has 0 saturated carbocycles. The van der Waals surface area contributed by atoms with E-state index in [0.717, 1.165) is 5.56 Å². The molecule has 8 nitrogen and oxygen atoms in total. The van der Waals surface area contributed by atoms with Crippen molar-refractivity contribution in [1.29, 1.82) is 0 Å². The van der Waals surface area contributed by atoms with Crippen LogP contribution in [0, 0.1) is 0 Å². The summed E-state index contributed by atoms with van der Waals surface area (Å²) >= 11 is 0. The molecule has 0 N–H and O–H groups in total. The fourth-order valence-electron chi connectivity index (χ4n) is 4.53. The normalized spacial score (nSPS) is 17.1. The molecule has 2 aliphatic rings. The molecule has 184 valence electrons. The molecule has 2 aliphatic heterocycles. The summed E-state index contributed by atoms with van der Waals surface area (Å²) in [6.07, 6.45) is 1.72. The summed E-state index contributed by atoms with van der Waals surface area (Å²) in [7, 11) is 6.18. The van der Waals surface area contributed by atoms with Gasteiger partial charge in [-0.3, -0.25) is 9.59 Å². The second-order valence-electron chi connectivity index (χ2n) is 8.25. The maximum absolute atomic E-state index is 13.3. The summed E-state index contributed by atoms with van der Waals surface area (Å²) in [5.41, 5.74) is 2.53. The zero-order valence-corrected chi connectivity index (χ0v) is 20.2. The third-order valence-corrected chi connectivity index (χ3v) is 6.32. The second kappa shape index (κ2) is 9.30. The van der Waals surface area contributed by atoms with Gasteiger partial charge in [-0.2, -0.15) is 0 Å². The molecule has 3 aromatic carbocycles. The molecule has 0 amide bonds. The van der Waals surface area contributed by atoms with Crippen molar-refractivity contribution in [2.75, 3.05) is 28.4 Å². The predicted molar refractivity (Wildman–Crippen MR) is 131 cm³/mol. The van der Waals surface area contributed by atoms with Crippen LogP contribution in [0.1, 0.15) is 39.4 Å². The highest BCUT2D eigenvalue weighted by atomic mass is 16.5. The first-order valence-corrected chi connectivity index (χ1v) is 11.2. The Hall–Kier alpha value is -4.46. The van der Waals surface area contributed by atoms with Gasteiger partial charge in [0.15, 0.2) is 17.3 Å². The lowest BCUT2D eigenvalue weighted by Crippen LogP contribution is -2.21. The van der Waals surface area contributed by atoms with Crippen LogP contribution in [0.25, 0.3) is 6.08 Å². The van der Waals surface area contributed by atoms with Gasteiger partial charge >= 0.3 is 5.97 Å². The van der Waals surface area contributed by atoms with Crippen LogP contribution in [0.2, 0.25) is 0 Å². The quantitative estimate of drug-likeness (QED) is 0.278. The molecule has 0 bridgehead atoms. The minimum Gasteiger partial charge on any atom is -0.497 e. The molecule has 0 spiro atoms. The van der Waals surface area contributed by atoms with Crippen LogP contribution in [0.3, 0.4) is 0 Å². The summed E-state index contributed by atoms with van der Waals surface area (Å²) in [4.78, 5) is 25.7. The molecule has 0 saturated heterocycles. The van der Waals surface area contributed by atoms with E-state index in [4.69, 9.17) is 28.4 Å². The maximum atomic E-state index is 13.3. The number of ketones is 1. The third kappa shape index (κ3) is 3.90. The van der Waals surface area contributed by atoms with Gasteiger partial charge in [0.05, 0.1) is 40.4 Å². The Bertz CT molecular complexity index is 1390. The Kier molecular flexibility index (Phi) is 6.01. The van der Waals surface area contributed by atoms with Crippen LogP contribution in [0.15, 0.2) is 54.3 Å². The number of methoxy groups -OCH3 is 4. The lowest BCUT2D eigenvalue weighted by atomic mass is 9.84. The maximum Gasteiger partial charge on any atom is 0.312 e. The van der Waals surface area contributed by atoms with Gasteiger partial charge in [0, 0.05) is 23.1 Å². The monoisotopic (exact) mass is 488 g/mol. The van der Waals surface area contributed by atoms with E-state index in [-0.39, 0.29) is 29.9 Å². The molecule has 8 heteroatoms. The first-order chi connectivity index (χ1) is 17.5. The number of carbonyl (C=O) groups is 2. The molecule has 0 aliphatic carbocycles. The van der Waals surface area contributed by atoms with Crippen molar-refractivity contribution < 1.29 is 38.0 Å². The lowest BCUT2D eigenvalue weighted by molar-refractivity contribution is -0.135. The van der Waals surface area contributed by atoms with Crippen LogP contribution < -0.4 is 28.4 Å². The van der Waals surface area contributed by atoms with E-state index in [2.05, 4.69) is 0 Å². The number of hydrogen-bond donors (Lipinski definition) is 0. The Morgan fingerprint density at radius 1 is 0.806 bits per heavy atom. The topological polar surface area (TPSA) is 89.5 Å². The van der Waals surface area contributed by atoms with Gasteiger partial charge in [0.1, 0.15) is 23.0 Å². The highest BCUT2D eigenvalue weighted by Crippen LogP contribution is 2.49. The van der Waals surface area contributed by atoms with Gasteiger partial charge < -0.3 is 28.4 Å². The van der Waals surface area contributed by atoms with Crippen molar-refractivity contribution in [3.05, 3.63) is 76.5 Å². The van der Waals surface area contributed by atoms with Crippen LogP contribution in [-0.2, 0) is 4.79 Å². The fraction of sp³-hybridized carbons (Fsp3) is 0.214. The van der Waals surface area contributed by atoms with E-state index in [0.29, 0.717) is 51.2 Å². The van der Waals surface area contributed by atoms with Gasteiger partial charge in [-0.25, -0.2) is 0 Å². The largest absolute Gasteiger partial charge is 0.497 e. The first-order valence-electron chi connectivity index (χ1n) is 11.2. The van der Waals surface area contributed by atoms with Crippen LogP contribution in [-0.4, -0.2) is 40.2 Å². The summed E-state index contributed by atoms with van der Waals surface area (Å²) in [5, 5.41) is 0. The minimum atomic E-state index is -0.349. The van der Waals surface area contributed by atoms with Crippen molar-refractivity contribution in [2.45, 2.75) is 12.3 Å². The molecule has 3 aromatic rings. The fourth-order valence-corrected chi connectivity index (χ4v) is 4.53. The molecule has 1 atom stereocenters. The zero-order valence-electron chi connectivity index (χ0n) is 20.2. The summed E-state index contributed by atoms with van der Waals surface area (Å²) in [5.74, 6) is 2.08. The Labute approximate surface area is 207 Å². The number of hydrogen-bond acceptors (Lipinski definition) is 8. The average molecular weight is 488 g/mol. The van der Waals surface area contributed by atoms with Gasteiger partial charge in [-0.1, -0.05) is 12.1 Å². The molecule has 0 radical (unpaired) electrons. The molecule has 2 heterocycles. The van der Waals surface area contributed by atoms with Gasteiger partial charge in [-0.15, -0.1) is 0 Å². The van der Waals surface area contributed by atoms with Gasteiger partial charge in [0.25, 0.3) is 0 Å². The standard InChI is InChI=1S/C28H24O8/c1-31-17-7-5-15(6-8-17)19-13-25(29)35-20-10-9-18-27(30)24(36-28(18)26(19)20)12-16-11-22(33-3)23(34-4)14-21(16)32-2/h5-12,14,19H,13H2,1-4H3/b24-12-. The number of rotatable bonds is 6. The van der Waals surface area contributed by atoms with Gasteiger partial charge in [0.2, 0.25) is 5.78 Å². The summed E-state index contributed by atoms with van der Waals surface area (Å²) in [6.45, 7) is 0. The van der Waals surface area contributed by atoms with Crippen molar-refractivity contribution in [3.63, 3.8) is 0 Å². The molecule has 36 heavy (non-hydrogen) atoms. The van der Waals surface area contributed by atoms with E-state index >= 15 is 0 Å². The number of allylic oxidation sites excluding steroid dienone is 1. The molecular formula is C28H24O8. The van der Waals surface area contributed by atoms with Crippen molar-refractivity contribution in [3.8, 4) is 34.5 Å². The molecule has 0 fully saturated rings. The average Bonchev–Trinajstić information content (AvgIpc) is 3.22. The van der Waals surface area contributed by atoms with Crippen molar-refractivity contribution in [1.82, 2.24) is 0 Å². The van der Waals surface area contributed by atoms with Crippen LogP contribution in [0.5, 0.6) is 34.5 Å². The van der Waals surface area contributed by atoms with E-state index in [1.807, 2.05) is 24.3 Å². The highest BCUT2D eigenvalue weighted by molar-refractivity contribution is 6.15. The number of carbonyl (C=O) groups excluding carboxylic acids is 2. The Morgan fingerprint density at radius 3 is 2.17 bits per heavy atom. The van der Waals surface area contributed by atoms with E-state index < -0.39 is 0 Å². The number of Topliss-reactive ketones (excluding diaryl/α,β-unsaturated/α-hetero) is 1. The molecular weight excluding hydrogens is 464 g/mol. The lowest BCUT2D eigenvalue weighted by Gasteiger charge is -2.26. The highest BCUT2D eigenvalue weighted by Gasteiger charge is 2.38. The predicted octanol–water partition coefficient (Wildman–Crippen LogP) is 4.78. The van der Waals surface area contributed by atoms with E-state index in [1.54, 1.807) is 37.5 Å². The first kappa shape index (κ1) is 23.3. The molecule has 1 unspecified atom stereocenters. The number of ether oxygens (including phenoxy) is 6. The molecule has 0 aromatic heterocycles. The van der Waals surface area contributed by atoms with E-state index in [1.165, 1.54) is 21.3 Å². The molecule has 5 rings (SSSR count). The Morgan fingerprint density at radius 2 is 1.50 bits per heavy atom. The SMILES string of the molecule is COc1ccc(C2CC(=O)Oc3ccc4c(c32)O/C(=C\c2cc(OC)c(OC)cc2OC)C4=O)cc1. The zero-order chi connectivity index (χ0) is 25.4. The van der Waals surface area contributed by atoms with Crippen LogP contribution >= 0.6 is 0 Å². The number of esters is 1. The second-order valence-corrected chi connectivity index (χ2v) is 8.25. The van der Waals surface area contributed by atoms with E-state index in [9.17, 15) is 9.59 Å². The van der Waals surface area contributed by atoms with Gasteiger partial charge in [-0.05, 0) is 42.0 Å². The summed E-state index contributed by atoms with van der Waals surface area (Å²) in [6, 6.07) is 14.1.